The Bertz CT molecular complexity index is 1600. The first-order valence-electron chi connectivity index (χ1n) is 12.0. The Morgan fingerprint density at radius 3 is 2.74 bits per heavy atom. The molecule has 3 aromatic carbocycles. The number of hydrogen-bond donors (Lipinski definition) is 3. The molecule has 0 aliphatic rings. The van der Waals surface area contributed by atoms with Gasteiger partial charge in [0.25, 0.3) is 5.91 Å². The van der Waals surface area contributed by atoms with Gasteiger partial charge in [0, 0.05) is 39.1 Å². The van der Waals surface area contributed by atoms with E-state index in [4.69, 9.17) is 11.6 Å². The second-order valence-electron chi connectivity index (χ2n) is 8.67. The molecular weight excluding hydrogens is 518 g/mol. The maximum Gasteiger partial charge on any atom is 0.253 e. The van der Waals surface area contributed by atoms with Gasteiger partial charge in [-0.25, -0.2) is 5.43 Å². The van der Waals surface area contributed by atoms with Crippen molar-refractivity contribution in [1.82, 2.24) is 25.2 Å². The summed E-state index contributed by atoms with van der Waals surface area (Å²) in [7, 11) is 0. The summed E-state index contributed by atoms with van der Waals surface area (Å²) in [5.41, 5.74) is 7.47. The topological polar surface area (TPSA) is 100.0 Å². The zero-order valence-electron chi connectivity index (χ0n) is 20.9. The molecule has 0 saturated heterocycles. The normalized spacial score (nSPS) is 12.2. The third-order valence-electron chi connectivity index (χ3n) is 5.99. The van der Waals surface area contributed by atoms with Crippen molar-refractivity contribution in [2.45, 2.75) is 30.8 Å². The molecule has 2 heterocycles. The molecule has 8 nitrogen and oxygen atoms in total. The maximum absolute atomic E-state index is 12.8. The first-order valence-corrected chi connectivity index (χ1v) is 13.3. The summed E-state index contributed by atoms with van der Waals surface area (Å²) in [6, 6.07) is 23.5. The minimum Gasteiger partial charge on any atom is -0.378 e. The van der Waals surface area contributed by atoms with Gasteiger partial charge < -0.3 is 10.3 Å². The molecule has 5 rings (SSSR count). The fourth-order valence-corrected chi connectivity index (χ4v) is 5.10. The maximum atomic E-state index is 12.8. The Morgan fingerprint density at radius 2 is 1.92 bits per heavy atom. The molecule has 192 valence electrons. The van der Waals surface area contributed by atoms with Crippen LogP contribution in [-0.2, 0) is 11.3 Å². The number of amides is 1. The number of aromatic amines is 1. The molecule has 0 fully saturated rings. The zero-order chi connectivity index (χ0) is 26.5. The van der Waals surface area contributed by atoms with Crippen LogP contribution in [0.2, 0.25) is 5.02 Å². The van der Waals surface area contributed by atoms with Crippen LogP contribution in [0.4, 0.5) is 5.69 Å². The van der Waals surface area contributed by atoms with Crippen molar-refractivity contribution < 1.29 is 4.79 Å². The number of H-pyrrole nitrogens is 1. The van der Waals surface area contributed by atoms with E-state index in [1.807, 2.05) is 97.4 Å². The van der Waals surface area contributed by atoms with E-state index in [1.54, 1.807) is 6.21 Å². The molecule has 0 spiro atoms. The van der Waals surface area contributed by atoms with Gasteiger partial charge in [0.05, 0.1) is 18.0 Å². The van der Waals surface area contributed by atoms with Crippen molar-refractivity contribution in [2.24, 2.45) is 5.10 Å². The molecular formula is C28H26ClN7OS. The number of hydrazone groups is 1. The summed E-state index contributed by atoms with van der Waals surface area (Å²) >= 11 is 7.42. The highest BCUT2D eigenvalue weighted by Crippen LogP contribution is 2.27. The van der Waals surface area contributed by atoms with Gasteiger partial charge in [-0.3, -0.25) is 9.36 Å². The van der Waals surface area contributed by atoms with E-state index in [9.17, 15) is 4.79 Å². The minimum atomic E-state index is -0.457. The van der Waals surface area contributed by atoms with E-state index in [0.717, 1.165) is 39.2 Å². The number of carbonyl (C=O) groups excluding carboxylic acids is 1. The predicted molar refractivity (Wildman–Crippen MR) is 154 cm³/mol. The molecule has 2 aromatic heterocycles. The number of hydrogen-bond acceptors (Lipinski definition) is 6. The number of anilines is 1. The van der Waals surface area contributed by atoms with E-state index in [0.29, 0.717) is 16.7 Å². The second-order valence-corrected chi connectivity index (χ2v) is 10.4. The van der Waals surface area contributed by atoms with Gasteiger partial charge in [-0.1, -0.05) is 59.8 Å². The highest BCUT2D eigenvalue weighted by molar-refractivity contribution is 8.00. The average molecular weight is 544 g/mol. The number of aromatic nitrogens is 4. The van der Waals surface area contributed by atoms with Gasteiger partial charge in [0.15, 0.2) is 11.0 Å². The van der Waals surface area contributed by atoms with Gasteiger partial charge in [0.2, 0.25) is 0 Å². The highest BCUT2D eigenvalue weighted by Gasteiger charge is 2.21. The van der Waals surface area contributed by atoms with Gasteiger partial charge >= 0.3 is 0 Å². The number of aryl methyl sites for hydroxylation is 1. The fraction of sp³-hybridized carbons (Fsp3) is 0.143. The number of thioether (sulfide) groups is 1. The average Bonchev–Trinajstić information content (AvgIpc) is 3.52. The predicted octanol–water partition coefficient (Wildman–Crippen LogP) is 5.95. The first kappa shape index (κ1) is 25.6. The monoisotopic (exact) mass is 543 g/mol. The molecule has 0 bridgehead atoms. The van der Waals surface area contributed by atoms with E-state index in [1.165, 1.54) is 11.8 Å². The molecule has 0 aliphatic heterocycles. The number of halogens is 1. The smallest absolute Gasteiger partial charge is 0.253 e. The molecule has 0 saturated carbocycles. The SMILES string of the molecule is Cc1cc(Cl)ccc1NCc1nnc(S[C@H](C)C(=O)N/N=C\c2c[nH]c3ccccc23)n1-c1ccccc1. The summed E-state index contributed by atoms with van der Waals surface area (Å²) in [6.07, 6.45) is 3.51. The van der Waals surface area contributed by atoms with Crippen LogP contribution in [0.1, 0.15) is 23.9 Å². The standard InChI is InChI=1S/C28H26ClN7OS/c1-18-14-21(29)12-13-24(18)31-17-26-33-35-28(36(26)22-8-4-3-5-9-22)38-19(2)27(37)34-32-16-20-15-30-25-11-7-6-10-23(20)25/h3-16,19,30-31H,17H2,1-2H3,(H,34,37)/b32-16-/t19-/m1/s1. The van der Waals surface area contributed by atoms with Gasteiger partial charge in [0.1, 0.15) is 0 Å². The number of nitrogens with zero attached hydrogens (tertiary/aromatic N) is 4. The van der Waals surface area contributed by atoms with Crippen LogP contribution in [-0.4, -0.2) is 37.1 Å². The van der Waals surface area contributed by atoms with Gasteiger partial charge in [-0.15, -0.1) is 10.2 Å². The summed E-state index contributed by atoms with van der Waals surface area (Å²) in [5.74, 6) is 0.489. The molecule has 0 radical (unpaired) electrons. The Morgan fingerprint density at radius 1 is 1.13 bits per heavy atom. The Labute approximate surface area is 229 Å². The molecule has 5 aromatic rings. The molecule has 3 N–H and O–H groups in total. The lowest BCUT2D eigenvalue weighted by atomic mass is 10.2. The van der Waals surface area contributed by atoms with E-state index in [-0.39, 0.29) is 5.91 Å². The summed E-state index contributed by atoms with van der Waals surface area (Å²) < 4.78 is 1.96. The van der Waals surface area contributed by atoms with Crippen molar-refractivity contribution >= 4 is 52.1 Å². The third kappa shape index (κ3) is 5.74. The molecule has 0 unspecified atom stereocenters. The van der Waals surface area contributed by atoms with E-state index < -0.39 is 5.25 Å². The molecule has 1 atom stereocenters. The van der Waals surface area contributed by atoms with Crippen LogP contribution >= 0.6 is 23.4 Å². The molecule has 0 aliphatic carbocycles. The van der Waals surface area contributed by atoms with E-state index in [2.05, 4.69) is 31.0 Å². The summed E-state index contributed by atoms with van der Waals surface area (Å²) in [6.45, 7) is 4.26. The third-order valence-corrected chi connectivity index (χ3v) is 7.27. The van der Waals surface area contributed by atoms with Crippen LogP contribution in [0.5, 0.6) is 0 Å². The summed E-state index contributed by atoms with van der Waals surface area (Å²) in [4.78, 5) is 16.0. The number of para-hydroxylation sites is 2. The number of fused-ring (bicyclic) bond motifs is 1. The molecule has 38 heavy (non-hydrogen) atoms. The molecule has 10 heteroatoms. The molecule has 1 amide bonds. The lowest BCUT2D eigenvalue weighted by Crippen LogP contribution is -2.27. The Balaban J connectivity index is 1.30. The zero-order valence-corrected chi connectivity index (χ0v) is 22.4. The quantitative estimate of drug-likeness (QED) is 0.121. The first-order chi connectivity index (χ1) is 18.5. The largest absolute Gasteiger partial charge is 0.378 e. The van der Waals surface area contributed by atoms with Crippen LogP contribution in [0, 0.1) is 6.92 Å². The van der Waals surface area contributed by atoms with Crippen molar-refractivity contribution in [3.05, 3.63) is 101 Å². The van der Waals surface area contributed by atoms with Gasteiger partial charge in [-0.05, 0) is 55.8 Å². The summed E-state index contributed by atoms with van der Waals surface area (Å²) in [5, 5.41) is 18.3. The number of benzene rings is 3. The number of rotatable bonds is 9. The number of nitrogens with one attached hydrogen (secondary N) is 3. The highest BCUT2D eigenvalue weighted by atomic mass is 35.5. The van der Waals surface area contributed by atoms with Crippen molar-refractivity contribution in [2.75, 3.05) is 5.32 Å². The van der Waals surface area contributed by atoms with Crippen LogP contribution in [0.15, 0.2) is 89.3 Å². The van der Waals surface area contributed by atoms with Crippen LogP contribution in [0.3, 0.4) is 0 Å². The van der Waals surface area contributed by atoms with Crippen LogP contribution < -0.4 is 10.7 Å². The van der Waals surface area contributed by atoms with Crippen molar-refractivity contribution in [3.8, 4) is 5.69 Å². The lowest BCUT2D eigenvalue weighted by molar-refractivity contribution is -0.120. The number of carbonyl (C=O) groups is 1. The van der Waals surface area contributed by atoms with Crippen molar-refractivity contribution in [3.63, 3.8) is 0 Å². The Kier molecular flexibility index (Phi) is 7.76. The van der Waals surface area contributed by atoms with E-state index >= 15 is 0 Å². The minimum absolute atomic E-state index is 0.231. The Hall–Kier alpha value is -4.08. The van der Waals surface area contributed by atoms with Gasteiger partial charge in [-0.2, -0.15) is 5.10 Å². The van der Waals surface area contributed by atoms with Crippen molar-refractivity contribution in [1.29, 1.82) is 0 Å². The second kappa shape index (κ2) is 11.5. The fourth-order valence-electron chi connectivity index (χ4n) is 4.00. The van der Waals surface area contributed by atoms with Crippen LogP contribution in [0.25, 0.3) is 16.6 Å². The lowest BCUT2D eigenvalue weighted by Gasteiger charge is -2.14.